The van der Waals surface area contributed by atoms with Gasteiger partial charge in [-0.2, -0.15) is 0 Å². The number of rotatable bonds is 4. The fourth-order valence-corrected chi connectivity index (χ4v) is 2.41. The highest BCUT2D eigenvalue weighted by atomic mass is 35.5. The molecule has 5 heteroatoms. The van der Waals surface area contributed by atoms with Gasteiger partial charge in [0.05, 0.1) is 12.1 Å². The molecule has 2 N–H and O–H groups in total. The van der Waals surface area contributed by atoms with E-state index in [1.54, 1.807) is 6.07 Å². The minimum absolute atomic E-state index is 0. The van der Waals surface area contributed by atoms with E-state index in [1.165, 1.54) is 0 Å². The molecule has 116 valence electrons. The Hall–Kier alpha value is -2.20. The molecule has 0 saturated heterocycles. The summed E-state index contributed by atoms with van der Waals surface area (Å²) in [6, 6.07) is 11.6. The van der Waals surface area contributed by atoms with Crippen LogP contribution < -0.4 is 4.74 Å². The maximum absolute atomic E-state index is 9.88. The van der Waals surface area contributed by atoms with E-state index in [1.807, 2.05) is 44.2 Å². The number of benzene rings is 2. The third-order valence-electron chi connectivity index (χ3n) is 3.48. The van der Waals surface area contributed by atoms with Crippen molar-refractivity contribution < 1.29 is 9.84 Å². The smallest absolute Gasteiger partial charge is 0.141 e. The van der Waals surface area contributed by atoms with E-state index in [-0.39, 0.29) is 18.2 Å². The number of fused-ring (bicyclic) bond motifs is 1. The van der Waals surface area contributed by atoms with Crippen LogP contribution in [-0.4, -0.2) is 21.7 Å². The maximum Gasteiger partial charge on any atom is 0.141 e. The van der Waals surface area contributed by atoms with E-state index < -0.39 is 0 Å². The summed E-state index contributed by atoms with van der Waals surface area (Å²) in [5, 5.41) is 9.88. The molecule has 1 heterocycles. The number of hydrogen-bond acceptors (Lipinski definition) is 3. The molecule has 0 bridgehead atoms. The predicted molar refractivity (Wildman–Crippen MR) is 90.2 cm³/mol. The zero-order valence-corrected chi connectivity index (χ0v) is 13.4. The molecular weight excluding hydrogens is 300 g/mol. The van der Waals surface area contributed by atoms with Gasteiger partial charge in [-0.1, -0.05) is 18.2 Å². The van der Waals surface area contributed by atoms with Gasteiger partial charge in [-0.15, -0.1) is 12.4 Å². The number of imidazole rings is 1. The summed E-state index contributed by atoms with van der Waals surface area (Å²) < 4.78 is 5.43. The average Bonchev–Trinajstić information content (AvgIpc) is 2.91. The predicted octanol–water partition coefficient (Wildman–Crippen LogP) is 3.99. The van der Waals surface area contributed by atoms with E-state index in [4.69, 9.17) is 4.74 Å². The molecule has 0 unspecified atom stereocenters. The van der Waals surface area contributed by atoms with Crippen LogP contribution in [0.4, 0.5) is 0 Å². The Morgan fingerprint density at radius 1 is 1.14 bits per heavy atom. The Labute approximate surface area is 135 Å². The van der Waals surface area contributed by atoms with Crippen molar-refractivity contribution in [3.05, 3.63) is 53.3 Å². The first-order valence-electron chi connectivity index (χ1n) is 7.06. The Bertz CT molecular complexity index is 727. The first-order valence-corrected chi connectivity index (χ1v) is 7.06. The third kappa shape index (κ3) is 3.17. The molecule has 0 radical (unpaired) electrons. The second-order valence-corrected chi connectivity index (χ2v) is 5.06. The van der Waals surface area contributed by atoms with Gasteiger partial charge in [-0.25, -0.2) is 4.98 Å². The molecule has 0 atom stereocenters. The van der Waals surface area contributed by atoms with Crippen LogP contribution in [-0.2, 0) is 6.42 Å². The lowest BCUT2D eigenvalue weighted by molar-refractivity contribution is 0.340. The summed E-state index contributed by atoms with van der Waals surface area (Å²) >= 11 is 0. The molecule has 22 heavy (non-hydrogen) atoms. The molecule has 2 aromatic carbocycles. The summed E-state index contributed by atoms with van der Waals surface area (Å²) in [4.78, 5) is 7.78. The van der Waals surface area contributed by atoms with Crippen molar-refractivity contribution in [1.82, 2.24) is 9.97 Å². The van der Waals surface area contributed by atoms with Crippen molar-refractivity contribution in [1.29, 1.82) is 0 Å². The zero-order valence-electron chi connectivity index (χ0n) is 12.6. The second-order valence-electron chi connectivity index (χ2n) is 5.06. The normalized spacial score (nSPS) is 10.5. The highest BCUT2D eigenvalue weighted by molar-refractivity contribution is 5.85. The number of halogens is 1. The number of aromatic amines is 1. The third-order valence-corrected chi connectivity index (χ3v) is 3.48. The largest absolute Gasteiger partial charge is 0.506 e. The first kappa shape index (κ1) is 16.2. The number of aryl methyl sites for hydroxylation is 1. The van der Waals surface area contributed by atoms with Gasteiger partial charge in [0.2, 0.25) is 0 Å². The molecule has 0 amide bonds. The molecule has 1 aromatic heterocycles. The number of hydrogen-bond donors (Lipinski definition) is 2. The van der Waals surface area contributed by atoms with Crippen LogP contribution in [0.5, 0.6) is 11.5 Å². The van der Waals surface area contributed by atoms with Gasteiger partial charge in [-0.3, -0.25) is 0 Å². The van der Waals surface area contributed by atoms with Gasteiger partial charge in [0.15, 0.2) is 0 Å². The number of ether oxygens (including phenoxy) is 1. The van der Waals surface area contributed by atoms with Gasteiger partial charge in [0.25, 0.3) is 0 Å². The Kier molecular flexibility index (Phi) is 4.93. The van der Waals surface area contributed by atoms with E-state index in [2.05, 4.69) is 9.97 Å². The van der Waals surface area contributed by atoms with E-state index >= 15 is 0 Å². The number of aromatic hydroxyl groups is 1. The number of phenolic OH excluding ortho intramolecular Hbond substituents is 1. The van der Waals surface area contributed by atoms with Crippen LogP contribution in [0.3, 0.4) is 0 Å². The van der Waals surface area contributed by atoms with Crippen molar-refractivity contribution in [2.75, 3.05) is 6.61 Å². The van der Waals surface area contributed by atoms with Crippen molar-refractivity contribution >= 4 is 23.4 Å². The van der Waals surface area contributed by atoms with Crippen molar-refractivity contribution in [3.63, 3.8) is 0 Å². The van der Waals surface area contributed by atoms with Gasteiger partial charge in [-0.05, 0) is 43.2 Å². The second kappa shape index (κ2) is 6.71. The van der Waals surface area contributed by atoms with Crippen LogP contribution in [0.15, 0.2) is 36.4 Å². The van der Waals surface area contributed by atoms with Gasteiger partial charge < -0.3 is 14.8 Å². The van der Waals surface area contributed by atoms with Gasteiger partial charge in [0.1, 0.15) is 22.8 Å². The number of phenols is 1. The minimum atomic E-state index is 0. The van der Waals surface area contributed by atoms with Crippen molar-refractivity contribution in [2.45, 2.75) is 20.3 Å². The lowest BCUT2D eigenvalue weighted by Crippen LogP contribution is -1.93. The van der Waals surface area contributed by atoms with Crippen LogP contribution in [0.2, 0.25) is 0 Å². The molecule has 0 aliphatic carbocycles. The van der Waals surface area contributed by atoms with Crippen LogP contribution in [0.25, 0.3) is 11.0 Å². The summed E-state index contributed by atoms with van der Waals surface area (Å²) in [7, 11) is 0. The van der Waals surface area contributed by atoms with Gasteiger partial charge in [0, 0.05) is 6.42 Å². The highest BCUT2D eigenvalue weighted by Gasteiger charge is 2.09. The minimum Gasteiger partial charge on any atom is -0.506 e. The lowest BCUT2D eigenvalue weighted by atomic mass is 10.1. The molecule has 3 aromatic rings. The molecule has 0 aliphatic heterocycles. The molecule has 4 nitrogen and oxygen atoms in total. The molecule has 0 saturated carbocycles. The fraction of sp³-hybridized carbons (Fsp3) is 0.235. The molecule has 0 aliphatic rings. The number of nitrogens with zero attached hydrogens (tertiary/aromatic N) is 1. The summed E-state index contributed by atoms with van der Waals surface area (Å²) in [5.74, 6) is 1.96. The van der Waals surface area contributed by atoms with Crippen LogP contribution >= 0.6 is 12.4 Å². The van der Waals surface area contributed by atoms with Crippen molar-refractivity contribution in [3.8, 4) is 11.5 Å². The summed E-state index contributed by atoms with van der Waals surface area (Å²) in [5.41, 5.74) is 3.73. The lowest BCUT2D eigenvalue weighted by Gasteiger charge is -2.03. The summed E-state index contributed by atoms with van der Waals surface area (Å²) in [6.45, 7) is 4.63. The zero-order chi connectivity index (χ0) is 14.8. The van der Waals surface area contributed by atoms with Crippen LogP contribution in [0, 0.1) is 6.92 Å². The molecular formula is C17H19ClN2O2. The molecule has 3 rings (SSSR count). The molecule has 0 fully saturated rings. The standard InChI is InChI=1S/C17H18N2O2.ClH/c1-3-21-13-7-5-12(6-8-13)10-15-18-16-11(2)4-9-14(20)17(16)19-15;/h4-9,20H,3,10H2,1-2H3,(H,18,19);1H. The van der Waals surface area contributed by atoms with E-state index in [9.17, 15) is 5.11 Å². The number of H-pyrrole nitrogens is 1. The van der Waals surface area contributed by atoms with E-state index in [0.29, 0.717) is 18.5 Å². The number of nitrogens with one attached hydrogen (secondary N) is 1. The monoisotopic (exact) mass is 318 g/mol. The molecule has 0 spiro atoms. The average molecular weight is 319 g/mol. The Morgan fingerprint density at radius 2 is 1.86 bits per heavy atom. The van der Waals surface area contributed by atoms with Crippen LogP contribution in [0.1, 0.15) is 23.9 Å². The highest BCUT2D eigenvalue weighted by Crippen LogP contribution is 2.26. The quantitative estimate of drug-likeness (QED) is 0.764. The maximum atomic E-state index is 9.88. The Morgan fingerprint density at radius 3 is 2.50 bits per heavy atom. The van der Waals surface area contributed by atoms with Crippen molar-refractivity contribution in [2.24, 2.45) is 0 Å². The SMILES string of the molecule is CCOc1ccc(Cc2nc3c(C)ccc(O)c3[nH]2)cc1.Cl. The van der Waals surface area contributed by atoms with Gasteiger partial charge >= 0.3 is 0 Å². The Balaban J connectivity index is 0.00000176. The fourth-order valence-electron chi connectivity index (χ4n) is 2.41. The number of aromatic nitrogens is 2. The first-order chi connectivity index (χ1) is 10.2. The summed E-state index contributed by atoms with van der Waals surface area (Å²) in [6.07, 6.45) is 0.694. The van der Waals surface area contributed by atoms with E-state index in [0.717, 1.165) is 28.2 Å². The topological polar surface area (TPSA) is 58.1 Å².